The second kappa shape index (κ2) is 8.14. The minimum absolute atomic E-state index is 0.0435. The lowest BCUT2D eigenvalue weighted by atomic mass is 9.72. The van der Waals surface area contributed by atoms with Crippen LogP contribution in [0.5, 0.6) is 0 Å². The smallest absolute Gasteiger partial charge is 0.239 e. The second-order valence-electron chi connectivity index (χ2n) is 9.23. The van der Waals surface area contributed by atoms with Gasteiger partial charge in [-0.1, -0.05) is 25.7 Å². The van der Waals surface area contributed by atoms with E-state index < -0.39 is 11.3 Å². The molecule has 1 aromatic heterocycles. The number of ketones is 1. The molecule has 1 aromatic rings. The fraction of sp³-hybridized carbons (Fsp3) is 0.714. The van der Waals surface area contributed by atoms with Gasteiger partial charge in [0.25, 0.3) is 0 Å². The van der Waals surface area contributed by atoms with Gasteiger partial charge in [0.1, 0.15) is 5.41 Å². The summed E-state index contributed by atoms with van der Waals surface area (Å²) in [6, 6.07) is 0. The first-order valence-corrected chi connectivity index (χ1v) is 11.5. The van der Waals surface area contributed by atoms with Crippen molar-refractivity contribution in [2.75, 3.05) is 11.9 Å². The first kappa shape index (κ1) is 20.5. The predicted molar refractivity (Wildman–Crippen MR) is 108 cm³/mol. The molecule has 8 heteroatoms. The zero-order valence-corrected chi connectivity index (χ0v) is 17.5. The third-order valence-electron chi connectivity index (χ3n) is 7.27. The summed E-state index contributed by atoms with van der Waals surface area (Å²) in [6.45, 7) is -0.0435. The molecule has 3 fully saturated rings. The van der Waals surface area contributed by atoms with Crippen LogP contribution in [0.25, 0.3) is 0 Å². The number of nitrogens with one attached hydrogen (secondary N) is 1. The van der Waals surface area contributed by atoms with Gasteiger partial charge in [-0.15, -0.1) is 11.3 Å². The van der Waals surface area contributed by atoms with Gasteiger partial charge in [0.2, 0.25) is 12.3 Å². The highest BCUT2D eigenvalue weighted by Crippen LogP contribution is 2.64. The molecule has 1 heterocycles. The number of carbonyl (C=O) groups is 3. The first-order chi connectivity index (χ1) is 14.0. The van der Waals surface area contributed by atoms with Crippen LogP contribution >= 0.6 is 11.3 Å². The molecule has 2 unspecified atom stereocenters. The molecule has 2 amide bonds. The molecular formula is C21H29N3O4S. The van der Waals surface area contributed by atoms with Crippen molar-refractivity contribution in [2.45, 2.75) is 64.2 Å². The van der Waals surface area contributed by atoms with E-state index in [1.165, 1.54) is 11.3 Å². The molecule has 158 valence electrons. The predicted octanol–water partition coefficient (Wildman–Crippen LogP) is 3.65. The normalized spacial score (nSPS) is 26.4. The van der Waals surface area contributed by atoms with Gasteiger partial charge in [0, 0.05) is 17.5 Å². The Balaban J connectivity index is 1.59. The Bertz CT molecular complexity index is 758. The Morgan fingerprint density at radius 3 is 2.62 bits per heavy atom. The van der Waals surface area contributed by atoms with Gasteiger partial charge >= 0.3 is 0 Å². The van der Waals surface area contributed by atoms with Crippen molar-refractivity contribution in [3.8, 4) is 0 Å². The van der Waals surface area contributed by atoms with Crippen LogP contribution in [0.15, 0.2) is 11.6 Å². The molecule has 29 heavy (non-hydrogen) atoms. The molecule has 4 rings (SSSR count). The van der Waals surface area contributed by atoms with E-state index >= 15 is 0 Å². The van der Waals surface area contributed by atoms with Crippen LogP contribution in [-0.4, -0.2) is 39.9 Å². The zero-order valence-electron chi connectivity index (χ0n) is 16.6. The molecule has 0 aliphatic heterocycles. The maximum Gasteiger partial charge on any atom is 0.239 e. The summed E-state index contributed by atoms with van der Waals surface area (Å²) in [5, 5.41) is 15.6. The molecule has 7 nitrogen and oxygen atoms in total. The highest BCUT2D eigenvalue weighted by molar-refractivity contribution is 7.13. The average molecular weight is 420 g/mol. The van der Waals surface area contributed by atoms with E-state index in [-0.39, 0.29) is 23.7 Å². The fourth-order valence-corrected chi connectivity index (χ4v) is 6.01. The monoisotopic (exact) mass is 419 g/mol. The van der Waals surface area contributed by atoms with Gasteiger partial charge in [-0.2, -0.15) is 0 Å². The van der Waals surface area contributed by atoms with E-state index in [1.54, 1.807) is 11.6 Å². The number of nitrogens with zero attached hydrogens (tertiary/aromatic N) is 2. The molecular weight excluding hydrogens is 390 g/mol. The molecule has 0 aromatic carbocycles. The molecule has 3 saturated carbocycles. The standard InChI is InChI=1S/C21H29N3O4S/c25-14-24(28)12-16(11-15-3-1-2-4-15)17(26)21(8-7-20(13-21)5-6-20)18(27)23-19-22-9-10-29-19/h9-10,14-16,28H,1-8,11-13H2,(H,22,23,27). The van der Waals surface area contributed by atoms with Crippen LogP contribution in [0.1, 0.15) is 64.2 Å². The second-order valence-corrected chi connectivity index (χ2v) is 10.1. The van der Waals surface area contributed by atoms with Gasteiger partial charge in [-0.05, 0) is 49.9 Å². The maximum atomic E-state index is 13.9. The number of Topliss-reactive ketones (excluding diaryl/α,β-unsaturated/α-hetero) is 1. The maximum absolute atomic E-state index is 13.9. The Morgan fingerprint density at radius 2 is 2.03 bits per heavy atom. The number of anilines is 1. The van der Waals surface area contributed by atoms with Crippen molar-refractivity contribution in [1.29, 1.82) is 0 Å². The van der Waals surface area contributed by atoms with Crippen molar-refractivity contribution in [2.24, 2.45) is 22.7 Å². The Labute approximate surface area is 174 Å². The van der Waals surface area contributed by atoms with E-state index in [1.807, 2.05) is 0 Å². The fourth-order valence-electron chi connectivity index (χ4n) is 5.49. The van der Waals surface area contributed by atoms with Crippen molar-refractivity contribution in [1.82, 2.24) is 10.0 Å². The van der Waals surface area contributed by atoms with Crippen LogP contribution < -0.4 is 5.32 Å². The van der Waals surface area contributed by atoms with Crippen molar-refractivity contribution >= 4 is 34.6 Å². The quantitative estimate of drug-likeness (QED) is 0.275. The molecule has 2 N–H and O–H groups in total. The lowest BCUT2D eigenvalue weighted by Crippen LogP contribution is -2.47. The van der Waals surface area contributed by atoms with E-state index in [4.69, 9.17) is 0 Å². The summed E-state index contributed by atoms with van der Waals surface area (Å²) in [7, 11) is 0. The SMILES string of the molecule is O=CN(O)CC(CC1CCCC1)C(=O)C1(C(=O)Nc2nccs2)CCC2(CC2)C1. The highest BCUT2D eigenvalue weighted by atomic mass is 32.1. The number of carbonyl (C=O) groups excluding carboxylic acids is 3. The summed E-state index contributed by atoms with van der Waals surface area (Å²) in [5.41, 5.74) is -0.966. The number of hydrogen-bond acceptors (Lipinski definition) is 6. The van der Waals surface area contributed by atoms with Crippen molar-refractivity contribution < 1.29 is 19.6 Å². The largest absolute Gasteiger partial charge is 0.301 e. The topological polar surface area (TPSA) is 99.6 Å². The average Bonchev–Trinajstić information content (AvgIpc) is 3.13. The van der Waals surface area contributed by atoms with E-state index in [0.717, 1.165) is 44.9 Å². The van der Waals surface area contributed by atoms with Gasteiger partial charge in [-0.3, -0.25) is 19.6 Å². The van der Waals surface area contributed by atoms with E-state index in [0.29, 0.717) is 41.8 Å². The summed E-state index contributed by atoms with van der Waals surface area (Å²) < 4.78 is 0. The molecule has 3 aliphatic rings. The van der Waals surface area contributed by atoms with Crippen molar-refractivity contribution in [3.05, 3.63) is 11.6 Å². The molecule has 3 aliphatic carbocycles. The number of hydroxylamine groups is 2. The molecule has 0 saturated heterocycles. The number of rotatable bonds is 9. The molecule has 0 radical (unpaired) electrons. The number of thiazole rings is 1. The Hall–Kier alpha value is -1.80. The van der Waals surface area contributed by atoms with E-state index in [9.17, 15) is 19.6 Å². The summed E-state index contributed by atoms with van der Waals surface area (Å²) in [4.78, 5) is 42.4. The third kappa shape index (κ3) is 4.23. The summed E-state index contributed by atoms with van der Waals surface area (Å²) in [5.74, 6) is -0.486. The number of aromatic nitrogens is 1. The summed E-state index contributed by atoms with van der Waals surface area (Å²) in [6.07, 6.45) is 11.2. The third-order valence-corrected chi connectivity index (χ3v) is 7.96. The zero-order chi connectivity index (χ0) is 20.5. The van der Waals surface area contributed by atoms with Crippen molar-refractivity contribution in [3.63, 3.8) is 0 Å². The van der Waals surface area contributed by atoms with Gasteiger partial charge < -0.3 is 5.32 Å². The summed E-state index contributed by atoms with van der Waals surface area (Å²) >= 11 is 1.34. The minimum atomic E-state index is -1.09. The van der Waals surface area contributed by atoms with Crippen LogP contribution in [-0.2, 0) is 14.4 Å². The van der Waals surface area contributed by atoms with Crippen LogP contribution in [0.2, 0.25) is 0 Å². The molecule has 1 spiro atoms. The number of hydrogen-bond donors (Lipinski definition) is 2. The van der Waals surface area contributed by atoms with Gasteiger partial charge in [-0.25, -0.2) is 10.0 Å². The molecule has 0 bridgehead atoms. The van der Waals surface area contributed by atoms with E-state index in [2.05, 4.69) is 10.3 Å². The highest BCUT2D eigenvalue weighted by Gasteiger charge is 2.61. The Morgan fingerprint density at radius 1 is 1.31 bits per heavy atom. The lowest BCUT2D eigenvalue weighted by molar-refractivity contribution is -0.157. The van der Waals surface area contributed by atoms with Gasteiger partial charge in [0.05, 0.1) is 6.54 Å². The minimum Gasteiger partial charge on any atom is -0.301 e. The Kier molecular flexibility index (Phi) is 5.75. The van der Waals surface area contributed by atoms with Crippen LogP contribution in [0.4, 0.5) is 5.13 Å². The molecule has 2 atom stereocenters. The first-order valence-electron chi connectivity index (χ1n) is 10.6. The van der Waals surface area contributed by atoms with Crippen LogP contribution in [0.3, 0.4) is 0 Å². The number of amides is 2. The lowest BCUT2D eigenvalue weighted by Gasteiger charge is -2.32. The van der Waals surface area contributed by atoms with Crippen LogP contribution in [0, 0.1) is 22.7 Å². The van der Waals surface area contributed by atoms with Gasteiger partial charge in [0.15, 0.2) is 10.9 Å².